The summed E-state index contributed by atoms with van der Waals surface area (Å²) in [5.41, 5.74) is 1.58. The van der Waals surface area contributed by atoms with Crippen molar-refractivity contribution < 1.29 is 9.90 Å². The van der Waals surface area contributed by atoms with Gasteiger partial charge in [-0.25, -0.2) is 14.6 Å². The number of pyridine rings is 1. The third-order valence-corrected chi connectivity index (χ3v) is 4.36. The van der Waals surface area contributed by atoms with Crippen molar-refractivity contribution in [2.24, 2.45) is 0 Å². The van der Waals surface area contributed by atoms with Crippen molar-refractivity contribution in [3.05, 3.63) is 18.3 Å². The highest BCUT2D eigenvalue weighted by molar-refractivity contribution is 7.99. The fourth-order valence-corrected chi connectivity index (χ4v) is 3.09. The molecule has 7 nitrogen and oxygen atoms in total. The van der Waals surface area contributed by atoms with Gasteiger partial charge in [0, 0.05) is 32.4 Å². The number of hydrogen-bond acceptors (Lipinski definition) is 6. The molecule has 0 radical (unpaired) electrons. The minimum atomic E-state index is -0.843. The second-order valence-corrected chi connectivity index (χ2v) is 5.93. The molecule has 0 bridgehead atoms. The van der Waals surface area contributed by atoms with Crippen LogP contribution in [0.15, 0.2) is 23.5 Å². The monoisotopic (exact) mass is 307 g/mol. The van der Waals surface area contributed by atoms with Gasteiger partial charge in [0.2, 0.25) is 0 Å². The van der Waals surface area contributed by atoms with E-state index in [1.807, 2.05) is 16.8 Å². The van der Waals surface area contributed by atoms with Gasteiger partial charge in [-0.3, -0.25) is 4.79 Å². The molecule has 21 heavy (non-hydrogen) atoms. The van der Waals surface area contributed by atoms with Gasteiger partial charge in [0.15, 0.2) is 10.8 Å². The third-order valence-electron chi connectivity index (χ3n) is 3.45. The molecule has 2 aromatic rings. The largest absolute Gasteiger partial charge is 0.481 e. The zero-order valence-corrected chi connectivity index (χ0v) is 12.6. The zero-order valence-electron chi connectivity index (χ0n) is 11.8. The highest BCUT2D eigenvalue weighted by atomic mass is 32.2. The van der Waals surface area contributed by atoms with Crippen molar-refractivity contribution in [2.45, 2.75) is 5.16 Å². The molecule has 1 saturated heterocycles. The number of piperazine rings is 1. The van der Waals surface area contributed by atoms with E-state index in [1.165, 1.54) is 11.8 Å². The topological polar surface area (TPSA) is 74.5 Å². The van der Waals surface area contributed by atoms with Crippen LogP contribution in [0.3, 0.4) is 0 Å². The van der Waals surface area contributed by atoms with E-state index in [9.17, 15) is 4.79 Å². The van der Waals surface area contributed by atoms with Gasteiger partial charge >= 0.3 is 5.97 Å². The first-order valence-electron chi connectivity index (χ1n) is 6.77. The smallest absolute Gasteiger partial charge is 0.313 e. The van der Waals surface area contributed by atoms with E-state index >= 15 is 0 Å². The van der Waals surface area contributed by atoms with Crippen molar-refractivity contribution >= 4 is 28.9 Å². The molecule has 0 saturated carbocycles. The van der Waals surface area contributed by atoms with E-state index in [0.29, 0.717) is 5.16 Å². The maximum atomic E-state index is 10.8. The summed E-state index contributed by atoms with van der Waals surface area (Å²) in [6.07, 6.45) is 1.74. The normalized spacial score (nSPS) is 16.5. The van der Waals surface area contributed by atoms with Crippen molar-refractivity contribution in [3.8, 4) is 0 Å². The number of aliphatic carboxylic acids is 1. The molecular formula is C13H17N5O2S. The number of carbonyl (C=O) groups is 1. The SMILES string of the molecule is CN1CCN(n2c(SCC(=O)O)nc3cccnc32)CC1. The van der Waals surface area contributed by atoms with Crippen molar-refractivity contribution in [1.82, 2.24) is 19.5 Å². The molecule has 3 heterocycles. The van der Waals surface area contributed by atoms with Gasteiger partial charge in [0.25, 0.3) is 0 Å². The molecule has 2 aromatic heterocycles. The van der Waals surface area contributed by atoms with Gasteiger partial charge in [-0.1, -0.05) is 11.8 Å². The molecule has 0 unspecified atom stereocenters. The molecule has 3 rings (SSSR count). The number of hydrogen-bond donors (Lipinski definition) is 1. The lowest BCUT2D eigenvalue weighted by Crippen LogP contribution is -2.50. The first kappa shape index (κ1) is 14.2. The van der Waals surface area contributed by atoms with Crippen molar-refractivity contribution in [2.75, 3.05) is 44.0 Å². The van der Waals surface area contributed by atoms with E-state index < -0.39 is 5.97 Å². The van der Waals surface area contributed by atoms with Crippen LogP contribution in [-0.2, 0) is 4.79 Å². The molecule has 0 spiro atoms. The quantitative estimate of drug-likeness (QED) is 0.824. The van der Waals surface area contributed by atoms with Crippen LogP contribution in [0.5, 0.6) is 0 Å². The Kier molecular flexibility index (Phi) is 3.98. The summed E-state index contributed by atoms with van der Waals surface area (Å²) in [7, 11) is 2.10. The summed E-state index contributed by atoms with van der Waals surface area (Å²) >= 11 is 1.23. The Labute approximate surface area is 126 Å². The summed E-state index contributed by atoms with van der Waals surface area (Å²) in [4.78, 5) is 22.0. The van der Waals surface area contributed by atoms with Gasteiger partial charge in [0.05, 0.1) is 5.75 Å². The van der Waals surface area contributed by atoms with Crippen LogP contribution in [0.2, 0.25) is 0 Å². The highest BCUT2D eigenvalue weighted by Gasteiger charge is 2.21. The average molecular weight is 307 g/mol. The van der Waals surface area contributed by atoms with E-state index in [2.05, 4.69) is 26.9 Å². The maximum absolute atomic E-state index is 10.8. The summed E-state index contributed by atoms with van der Waals surface area (Å²) < 4.78 is 1.97. The van der Waals surface area contributed by atoms with Crippen LogP contribution in [-0.4, -0.2) is 69.6 Å². The molecule has 0 aliphatic carbocycles. The van der Waals surface area contributed by atoms with E-state index in [4.69, 9.17) is 5.11 Å². The Morgan fingerprint density at radius 3 is 2.86 bits per heavy atom. The fourth-order valence-electron chi connectivity index (χ4n) is 2.35. The van der Waals surface area contributed by atoms with Crippen molar-refractivity contribution in [3.63, 3.8) is 0 Å². The highest BCUT2D eigenvalue weighted by Crippen LogP contribution is 2.23. The summed E-state index contributed by atoms with van der Waals surface area (Å²) in [6, 6.07) is 3.75. The molecule has 1 aliphatic rings. The Bertz CT molecular complexity index is 651. The number of fused-ring (bicyclic) bond motifs is 1. The zero-order chi connectivity index (χ0) is 14.8. The molecule has 8 heteroatoms. The summed E-state index contributed by atoms with van der Waals surface area (Å²) in [6.45, 7) is 3.68. The van der Waals surface area contributed by atoms with E-state index in [0.717, 1.165) is 37.3 Å². The summed E-state index contributed by atoms with van der Waals surface area (Å²) in [5, 5.41) is 11.8. The number of imidazole rings is 1. The number of thioether (sulfide) groups is 1. The Hall–Kier alpha value is -1.80. The number of nitrogens with zero attached hydrogens (tertiary/aromatic N) is 5. The first-order chi connectivity index (χ1) is 10.1. The third kappa shape index (κ3) is 2.96. The lowest BCUT2D eigenvalue weighted by Gasteiger charge is -2.35. The van der Waals surface area contributed by atoms with E-state index in [1.54, 1.807) is 6.20 Å². The first-order valence-corrected chi connectivity index (χ1v) is 7.75. The molecule has 1 fully saturated rings. The number of rotatable bonds is 4. The molecule has 0 amide bonds. The lowest BCUT2D eigenvalue weighted by atomic mass is 10.4. The second-order valence-electron chi connectivity index (χ2n) is 4.99. The predicted octanol–water partition coefficient (Wildman–Crippen LogP) is 0.491. The molecule has 1 aliphatic heterocycles. The molecule has 1 N–H and O–H groups in total. The number of carboxylic acid groups (broad SMARTS) is 1. The second kappa shape index (κ2) is 5.90. The molecule has 0 aromatic carbocycles. The van der Waals surface area contributed by atoms with E-state index in [-0.39, 0.29) is 5.75 Å². The minimum absolute atomic E-state index is 0.00291. The van der Waals surface area contributed by atoms with Gasteiger partial charge in [-0.15, -0.1) is 0 Å². The predicted molar refractivity (Wildman–Crippen MR) is 81.3 cm³/mol. The standard InChI is InChI=1S/C13H17N5O2S/c1-16-5-7-17(8-6-16)18-12-10(3-2-4-14-12)15-13(18)21-9-11(19)20/h2-4H,5-9H2,1H3,(H,19,20). The van der Waals surface area contributed by atoms with Crippen LogP contribution < -0.4 is 5.01 Å². The van der Waals surface area contributed by atoms with Crippen LogP contribution in [0, 0.1) is 0 Å². The minimum Gasteiger partial charge on any atom is -0.481 e. The summed E-state index contributed by atoms with van der Waals surface area (Å²) in [5.74, 6) is -0.846. The maximum Gasteiger partial charge on any atom is 0.313 e. The van der Waals surface area contributed by atoms with Gasteiger partial charge < -0.3 is 15.0 Å². The van der Waals surface area contributed by atoms with Crippen molar-refractivity contribution in [1.29, 1.82) is 0 Å². The molecule has 112 valence electrons. The van der Waals surface area contributed by atoms with Crippen LogP contribution in [0.1, 0.15) is 0 Å². The average Bonchev–Trinajstić information content (AvgIpc) is 2.84. The lowest BCUT2D eigenvalue weighted by molar-refractivity contribution is -0.133. The fraction of sp³-hybridized carbons (Fsp3) is 0.462. The Morgan fingerprint density at radius 2 is 2.14 bits per heavy atom. The number of aromatic nitrogens is 3. The number of carboxylic acids is 1. The van der Waals surface area contributed by atoms with Gasteiger partial charge in [-0.05, 0) is 19.2 Å². The van der Waals surface area contributed by atoms with Gasteiger partial charge in [0.1, 0.15) is 5.52 Å². The Morgan fingerprint density at radius 1 is 1.38 bits per heavy atom. The van der Waals surface area contributed by atoms with Crippen LogP contribution in [0.25, 0.3) is 11.2 Å². The van der Waals surface area contributed by atoms with Gasteiger partial charge in [-0.2, -0.15) is 0 Å². The molecule has 0 atom stereocenters. The molecular weight excluding hydrogens is 290 g/mol. The number of likely N-dealkylation sites (N-methyl/N-ethyl adjacent to an activating group) is 1. The van der Waals surface area contributed by atoms with Crippen LogP contribution in [0.4, 0.5) is 0 Å². The van der Waals surface area contributed by atoms with Crippen LogP contribution >= 0.6 is 11.8 Å². The Balaban J connectivity index is 1.96.